The minimum absolute atomic E-state index is 0.236. The number of piperidine rings is 1. The van der Waals surface area contributed by atoms with Crippen molar-refractivity contribution in [2.24, 2.45) is 5.92 Å². The van der Waals surface area contributed by atoms with Crippen molar-refractivity contribution in [2.45, 2.75) is 32.7 Å². The summed E-state index contributed by atoms with van der Waals surface area (Å²) in [4.78, 5) is 35.9. The van der Waals surface area contributed by atoms with E-state index >= 15 is 0 Å². The van der Waals surface area contributed by atoms with E-state index < -0.39 is 6.04 Å². The Labute approximate surface area is 210 Å². The lowest BCUT2D eigenvalue weighted by molar-refractivity contribution is -0.124. The Bertz CT molecular complexity index is 1220. The van der Waals surface area contributed by atoms with Gasteiger partial charge in [-0.1, -0.05) is 6.92 Å². The van der Waals surface area contributed by atoms with Gasteiger partial charge in [0.05, 0.1) is 19.3 Å². The predicted molar refractivity (Wildman–Crippen MR) is 136 cm³/mol. The monoisotopic (exact) mass is 492 g/mol. The lowest BCUT2D eigenvalue weighted by Gasteiger charge is -2.31. The Hall–Kier alpha value is -3.95. The highest BCUT2D eigenvalue weighted by Gasteiger charge is 2.19. The smallest absolute Gasteiger partial charge is 0.267 e. The quantitative estimate of drug-likeness (QED) is 0.454. The maximum absolute atomic E-state index is 12.7. The van der Waals surface area contributed by atoms with Gasteiger partial charge in [-0.25, -0.2) is 14.6 Å². The fraction of sp³-hybridized carbons (Fsp3) is 0.423. The molecule has 10 heteroatoms. The highest BCUT2D eigenvalue weighted by molar-refractivity contribution is 5.79. The largest absolute Gasteiger partial charge is 0.497 e. The fourth-order valence-electron chi connectivity index (χ4n) is 4.03. The van der Waals surface area contributed by atoms with E-state index in [1.54, 1.807) is 20.1 Å². The summed E-state index contributed by atoms with van der Waals surface area (Å²) in [7, 11) is 1.60. The van der Waals surface area contributed by atoms with Crippen LogP contribution in [0.4, 0.5) is 5.82 Å². The molecule has 10 nitrogen and oxygen atoms in total. The van der Waals surface area contributed by atoms with Crippen molar-refractivity contribution in [1.82, 2.24) is 25.1 Å². The molecule has 0 saturated carbocycles. The molecule has 0 spiro atoms. The van der Waals surface area contributed by atoms with Crippen LogP contribution in [0.1, 0.15) is 32.7 Å². The summed E-state index contributed by atoms with van der Waals surface area (Å²) < 4.78 is 12.1. The number of anilines is 1. The lowest BCUT2D eigenvalue weighted by Crippen LogP contribution is -2.38. The third-order valence-corrected chi connectivity index (χ3v) is 6.34. The third kappa shape index (κ3) is 6.18. The third-order valence-electron chi connectivity index (χ3n) is 6.34. The second-order valence-corrected chi connectivity index (χ2v) is 8.93. The van der Waals surface area contributed by atoms with Crippen molar-refractivity contribution in [3.63, 3.8) is 0 Å². The zero-order valence-electron chi connectivity index (χ0n) is 20.9. The van der Waals surface area contributed by atoms with Crippen molar-refractivity contribution in [3.8, 4) is 22.9 Å². The number of benzene rings is 1. The topological polar surface area (TPSA) is 111 Å². The van der Waals surface area contributed by atoms with Crippen molar-refractivity contribution >= 4 is 11.7 Å². The van der Waals surface area contributed by atoms with Gasteiger partial charge in [0, 0.05) is 30.8 Å². The standard InChI is InChI=1S/C26H32N6O4/c1-18-10-13-31(14-11-18)23-16-24(29-17-28-23)36-15-12-27-26(34)19(2)32-25(33)9-8-22(30-32)20-4-6-21(35-3)7-5-20/h4-9,16-19H,10-15H2,1-3H3,(H,27,34). The van der Waals surface area contributed by atoms with Crippen LogP contribution in [0.25, 0.3) is 11.3 Å². The summed E-state index contributed by atoms with van der Waals surface area (Å²) in [6.45, 7) is 6.34. The Morgan fingerprint density at radius 1 is 1.14 bits per heavy atom. The van der Waals surface area contributed by atoms with E-state index in [9.17, 15) is 9.59 Å². The summed E-state index contributed by atoms with van der Waals surface area (Å²) in [5, 5.41) is 7.20. The molecule has 1 aromatic carbocycles. The maximum Gasteiger partial charge on any atom is 0.267 e. The first-order valence-electron chi connectivity index (χ1n) is 12.2. The first kappa shape index (κ1) is 25.2. The van der Waals surface area contributed by atoms with Gasteiger partial charge in [0.1, 0.15) is 30.5 Å². The first-order chi connectivity index (χ1) is 17.4. The van der Waals surface area contributed by atoms with Crippen molar-refractivity contribution in [1.29, 1.82) is 0 Å². The summed E-state index contributed by atoms with van der Waals surface area (Å²) in [5.74, 6) is 2.45. The molecule has 190 valence electrons. The van der Waals surface area contributed by atoms with Gasteiger partial charge in [-0.2, -0.15) is 5.10 Å². The van der Waals surface area contributed by atoms with E-state index in [1.807, 2.05) is 30.3 Å². The highest BCUT2D eigenvalue weighted by atomic mass is 16.5. The fourth-order valence-corrected chi connectivity index (χ4v) is 4.03. The highest BCUT2D eigenvalue weighted by Crippen LogP contribution is 2.23. The molecule has 1 unspecified atom stereocenters. The molecular weight excluding hydrogens is 460 g/mol. The molecule has 36 heavy (non-hydrogen) atoms. The number of nitrogens with one attached hydrogen (secondary N) is 1. The van der Waals surface area contributed by atoms with Crippen LogP contribution in [0, 0.1) is 5.92 Å². The number of ether oxygens (including phenoxy) is 2. The summed E-state index contributed by atoms with van der Waals surface area (Å²) >= 11 is 0. The average molecular weight is 493 g/mol. The van der Waals surface area contributed by atoms with Crippen LogP contribution in [0.5, 0.6) is 11.6 Å². The number of nitrogens with zero attached hydrogens (tertiary/aromatic N) is 5. The molecule has 1 aliphatic heterocycles. The summed E-state index contributed by atoms with van der Waals surface area (Å²) in [6.07, 6.45) is 3.79. The Morgan fingerprint density at radius 2 is 1.89 bits per heavy atom. The normalized spacial score (nSPS) is 14.8. The number of hydrogen-bond acceptors (Lipinski definition) is 8. The Balaban J connectivity index is 1.31. The van der Waals surface area contributed by atoms with E-state index in [-0.39, 0.29) is 24.6 Å². The zero-order chi connectivity index (χ0) is 25.5. The van der Waals surface area contributed by atoms with E-state index in [4.69, 9.17) is 9.47 Å². The van der Waals surface area contributed by atoms with Gasteiger partial charge in [0.15, 0.2) is 0 Å². The average Bonchev–Trinajstić information content (AvgIpc) is 2.91. The Kier molecular flexibility index (Phi) is 8.14. The van der Waals surface area contributed by atoms with Crippen LogP contribution in [-0.2, 0) is 4.79 Å². The zero-order valence-corrected chi connectivity index (χ0v) is 20.9. The number of carbonyl (C=O) groups is 1. The maximum atomic E-state index is 12.7. The molecule has 0 radical (unpaired) electrons. The molecule has 1 atom stereocenters. The first-order valence-corrected chi connectivity index (χ1v) is 12.2. The van der Waals surface area contributed by atoms with Crippen LogP contribution in [0.3, 0.4) is 0 Å². The van der Waals surface area contributed by atoms with E-state index in [0.717, 1.165) is 49.0 Å². The second kappa shape index (κ2) is 11.7. The molecule has 1 amide bonds. The second-order valence-electron chi connectivity index (χ2n) is 8.93. The number of hydrogen-bond donors (Lipinski definition) is 1. The van der Waals surface area contributed by atoms with Crippen LogP contribution >= 0.6 is 0 Å². The minimum Gasteiger partial charge on any atom is -0.497 e. The Morgan fingerprint density at radius 3 is 2.61 bits per heavy atom. The molecule has 4 rings (SSSR count). The van der Waals surface area contributed by atoms with Crippen LogP contribution < -0.4 is 25.2 Å². The van der Waals surface area contributed by atoms with Gasteiger partial charge in [0.25, 0.3) is 5.56 Å². The van der Waals surface area contributed by atoms with Gasteiger partial charge in [0.2, 0.25) is 11.8 Å². The molecule has 3 heterocycles. The van der Waals surface area contributed by atoms with E-state index in [1.165, 1.54) is 17.1 Å². The molecular formula is C26H32N6O4. The van der Waals surface area contributed by atoms with Crippen LogP contribution in [-0.4, -0.2) is 59.0 Å². The SMILES string of the molecule is COc1ccc(-c2ccc(=O)n(C(C)C(=O)NCCOc3cc(N4CCC(C)CC4)ncn3)n2)cc1. The number of rotatable bonds is 9. The number of carbonyl (C=O) groups excluding carboxylic acids is 1. The predicted octanol–water partition coefficient (Wildman–Crippen LogP) is 2.70. The number of aromatic nitrogens is 4. The van der Waals surface area contributed by atoms with Crippen molar-refractivity contribution < 1.29 is 14.3 Å². The van der Waals surface area contributed by atoms with Crippen LogP contribution in [0.2, 0.25) is 0 Å². The summed E-state index contributed by atoms with van der Waals surface area (Å²) in [5.41, 5.74) is 1.04. The molecule has 2 aromatic heterocycles. The van der Waals surface area contributed by atoms with Gasteiger partial charge >= 0.3 is 0 Å². The van der Waals surface area contributed by atoms with Gasteiger partial charge in [-0.15, -0.1) is 0 Å². The van der Waals surface area contributed by atoms with E-state index in [0.29, 0.717) is 11.6 Å². The molecule has 0 bridgehead atoms. The molecule has 0 aliphatic carbocycles. The van der Waals surface area contributed by atoms with E-state index in [2.05, 4.69) is 32.2 Å². The van der Waals surface area contributed by atoms with Gasteiger partial charge in [-0.3, -0.25) is 9.59 Å². The molecule has 3 aromatic rings. The molecule has 1 fully saturated rings. The van der Waals surface area contributed by atoms with Crippen molar-refractivity contribution in [3.05, 3.63) is 59.1 Å². The molecule has 1 saturated heterocycles. The number of methoxy groups -OCH3 is 1. The van der Waals surface area contributed by atoms with Crippen LogP contribution in [0.15, 0.2) is 53.6 Å². The molecule has 1 aliphatic rings. The molecule has 1 N–H and O–H groups in total. The lowest BCUT2D eigenvalue weighted by atomic mass is 9.99. The van der Waals surface area contributed by atoms with Gasteiger partial charge < -0.3 is 19.7 Å². The van der Waals surface area contributed by atoms with Crippen molar-refractivity contribution in [2.75, 3.05) is 38.3 Å². The number of amides is 1. The summed E-state index contributed by atoms with van der Waals surface area (Å²) in [6, 6.07) is 11.4. The minimum atomic E-state index is -0.789. The van der Waals surface area contributed by atoms with Gasteiger partial charge in [-0.05, 0) is 56.0 Å².